The van der Waals surface area contributed by atoms with Crippen molar-refractivity contribution < 1.29 is 9.53 Å². The maximum atomic E-state index is 11.5. The molecule has 0 spiro atoms. The van der Waals surface area contributed by atoms with Gasteiger partial charge in [0.15, 0.2) is 0 Å². The van der Waals surface area contributed by atoms with Crippen LogP contribution in [-0.4, -0.2) is 17.6 Å². The molecule has 0 saturated heterocycles. The maximum absolute atomic E-state index is 11.5. The zero-order valence-electron chi connectivity index (χ0n) is 11.9. The predicted octanol–water partition coefficient (Wildman–Crippen LogP) is 3.92. The molecule has 0 aliphatic carbocycles. The fraction of sp³-hybridized carbons (Fsp3) is 0.625. The summed E-state index contributed by atoms with van der Waals surface area (Å²) in [7, 11) is 0. The monoisotopic (exact) mass is 263 g/mol. The molecule has 0 amide bonds. The molecule has 3 heteroatoms. The topological polar surface area (TPSA) is 39.2 Å². The summed E-state index contributed by atoms with van der Waals surface area (Å²) in [5.74, 6) is -0.0996. The third-order valence-electron chi connectivity index (χ3n) is 3.10. The van der Waals surface area contributed by atoms with E-state index in [1.807, 2.05) is 12.1 Å². The number of carbonyl (C=O) groups excluding carboxylic acids is 1. The fourth-order valence-corrected chi connectivity index (χ4v) is 1.93. The lowest BCUT2D eigenvalue weighted by Crippen LogP contribution is -2.07. The summed E-state index contributed by atoms with van der Waals surface area (Å²) in [6, 6.07) is 3.87. The highest BCUT2D eigenvalue weighted by atomic mass is 16.5. The van der Waals surface area contributed by atoms with Gasteiger partial charge in [-0.3, -0.25) is 9.78 Å². The molecule has 3 nitrogen and oxygen atoms in total. The van der Waals surface area contributed by atoms with Gasteiger partial charge in [-0.2, -0.15) is 0 Å². The molecule has 0 atom stereocenters. The van der Waals surface area contributed by atoms with Crippen molar-refractivity contribution in [3.05, 3.63) is 30.1 Å². The highest BCUT2D eigenvalue weighted by Crippen LogP contribution is 2.06. The summed E-state index contributed by atoms with van der Waals surface area (Å²) < 4.78 is 5.21. The molecule has 0 aromatic carbocycles. The van der Waals surface area contributed by atoms with Gasteiger partial charge in [0.25, 0.3) is 0 Å². The molecule has 106 valence electrons. The molecule has 0 fully saturated rings. The molecule has 0 bridgehead atoms. The third kappa shape index (κ3) is 8.36. The summed E-state index contributed by atoms with van der Waals surface area (Å²) >= 11 is 0. The van der Waals surface area contributed by atoms with Crippen molar-refractivity contribution in [2.24, 2.45) is 0 Å². The Kier molecular flexibility index (Phi) is 8.69. The lowest BCUT2D eigenvalue weighted by atomic mass is 10.1. The van der Waals surface area contributed by atoms with E-state index in [1.165, 1.54) is 25.7 Å². The molecule has 0 N–H and O–H groups in total. The molecule has 0 unspecified atom stereocenters. The Hall–Kier alpha value is -1.38. The smallest absolute Gasteiger partial charge is 0.306 e. The Labute approximate surface area is 116 Å². The van der Waals surface area contributed by atoms with Crippen LogP contribution in [-0.2, 0) is 16.0 Å². The summed E-state index contributed by atoms with van der Waals surface area (Å²) in [5.41, 5.74) is 1.08. The molecule has 0 saturated carbocycles. The minimum absolute atomic E-state index is 0.0996. The van der Waals surface area contributed by atoms with E-state index in [0.717, 1.165) is 18.4 Å². The fourth-order valence-electron chi connectivity index (χ4n) is 1.93. The zero-order chi connectivity index (χ0) is 13.8. The Morgan fingerprint density at radius 3 is 2.74 bits per heavy atom. The summed E-state index contributed by atoms with van der Waals surface area (Å²) in [4.78, 5) is 15.5. The molecule has 1 rings (SSSR count). The molecular formula is C16H25NO2. The minimum Gasteiger partial charge on any atom is -0.466 e. The second-order valence-electron chi connectivity index (χ2n) is 4.85. The molecule has 19 heavy (non-hydrogen) atoms. The van der Waals surface area contributed by atoms with E-state index in [-0.39, 0.29) is 5.97 Å². The number of aryl methyl sites for hydroxylation is 1. The van der Waals surface area contributed by atoms with Crippen LogP contribution in [0, 0.1) is 0 Å². The van der Waals surface area contributed by atoms with Crippen molar-refractivity contribution in [3.63, 3.8) is 0 Å². The van der Waals surface area contributed by atoms with Gasteiger partial charge >= 0.3 is 5.97 Å². The van der Waals surface area contributed by atoms with E-state index >= 15 is 0 Å². The number of pyridine rings is 1. The number of carbonyl (C=O) groups is 1. The Bertz CT molecular complexity index is 338. The Balaban J connectivity index is 1.96. The van der Waals surface area contributed by atoms with Crippen LogP contribution in [0.4, 0.5) is 0 Å². The second kappa shape index (κ2) is 10.5. The number of esters is 1. The van der Waals surface area contributed by atoms with E-state index in [9.17, 15) is 4.79 Å². The first-order chi connectivity index (χ1) is 9.33. The van der Waals surface area contributed by atoms with Gasteiger partial charge in [0.2, 0.25) is 0 Å². The highest BCUT2D eigenvalue weighted by molar-refractivity contribution is 5.69. The molecule has 1 aromatic heterocycles. The third-order valence-corrected chi connectivity index (χ3v) is 3.10. The Morgan fingerprint density at radius 1 is 1.21 bits per heavy atom. The second-order valence-corrected chi connectivity index (χ2v) is 4.85. The van der Waals surface area contributed by atoms with E-state index in [0.29, 0.717) is 19.4 Å². The van der Waals surface area contributed by atoms with Crippen LogP contribution >= 0.6 is 0 Å². The number of nitrogens with zero attached hydrogens (tertiary/aromatic N) is 1. The van der Waals surface area contributed by atoms with Gasteiger partial charge in [0.05, 0.1) is 6.61 Å². The number of aromatic nitrogens is 1. The molecule has 0 aliphatic heterocycles. The quantitative estimate of drug-likeness (QED) is 0.474. The van der Waals surface area contributed by atoms with Gasteiger partial charge in [0.1, 0.15) is 0 Å². The van der Waals surface area contributed by atoms with Crippen molar-refractivity contribution in [3.8, 4) is 0 Å². The molecule has 0 radical (unpaired) electrons. The number of rotatable bonds is 10. The Morgan fingerprint density at radius 2 is 2.00 bits per heavy atom. The van der Waals surface area contributed by atoms with Crippen molar-refractivity contribution >= 4 is 5.97 Å². The van der Waals surface area contributed by atoms with Crippen molar-refractivity contribution in [1.82, 2.24) is 4.98 Å². The summed E-state index contributed by atoms with van der Waals surface area (Å²) in [5, 5.41) is 0. The first-order valence-electron chi connectivity index (χ1n) is 7.37. The number of hydrogen-bond donors (Lipinski definition) is 0. The van der Waals surface area contributed by atoms with Crippen LogP contribution in [0.3, 0.4) is 0 Å². The van der Waals surface area contributed by atoms with Gasteiger partial charge < -0.3 is 4.74 Å². The van der Waals surface area contributed by atoms with E-state index in [2.05, 4.69) is 11.9 Å². The van der Waals surface area contributed by atoms with Crippen LogP contribution in [0.1, 0.15) is 57.4 Å². The largest absolute Gasteiger partial charge is 0.466 e. The van der Waals surface area contributed by atoms with Crippen LogP contribution in [0.15, 0.2) is 24.5 Å². The number of unbranched alkanes of at least 4 members (excludes halogenated alkanes) is 5. The maximum Gasteiger partial charge on any atom is 0.306 e. The minimum atomic E-state index is -0.0996. The first-order valence-corrected chi connectivity index (χ1v) is 7.37. The molecular weight excluding hydrogens is 238 g/mol. The highest BCUT2D eigenvalue weighted by Gasteiger charge is 2.03. The van der Waals surface area contributed by atoms with Crippen LogP contribution in [0.25, 0.3) is 0 Å². The van der Waals surface area contributed by atoms with Crippen molar-refractivity contribution in [2.45, 2.75) is 58.3 Å². The van der Waals surface area contributed by atoms with Gasteiger partial charge in [-0.15, -0.1) is 0 Å². The average molecular weight is 263 g/mol. The van der Waals surface area contributed by atoms with Gasteiger partial charge in [0, 0.05) is 18.8 Å². The molecule has 1 aromatic rings. The van der Waals surface area contributed by atoms with Gasteiger partial charge in [-0.25, -0.2) is 0 Å². The van der Waals surface area contributed by atoms with Crippen LogP contribution in [0.5, 0.6) is 0 Å². The van der Waals surface area contributed by atoms with E-state index in [1.54, 1.807) is 12.4 Å². The molecule has 1 heterocycles. The van der Waals surface area contributed by atoms with E-state index < -0.39 is 0 Å². The number of hydrogen-bond acceptors (Lipinski definition) is 3. The summed E-state index contributed by atoms with van der Waals surface area (Å²) in [6.45, 7) is 2.78. The first kappa shape index (κ1) is 15.7. The molecule has 0 aliphatic rings. The number of ether oxygens (including phenoxy) is 1. The van der Waals surface area contributed by atoms with Gasteiger partial charge in [-0.1, -0.05) is 45.1 Å². The SMILES string of the molecule is CCCCCCCCOC(=O)CCc1cccnc1. The standard InChI is InChI=1S/C16H25NO2/c1-2-3-4-5-6-7-13-19-16(18)11-10-15-9-8-12-17-14-15/h8-9,12,14H,2-7,10-11,13H2,1H3. The lowest BCUT2D eigenvalue weighted by molar-refractivity contribution is -0.143. The lowest BCUT2D eigenvalue weighted by Gasteiger charge is -2.05. The zero-order valence-corrected chi connectivity index (χ0v) is 11.9. The van der Waals surface area contributed by atoms with Crippen molar-refractivity contribution in [2.75, 3.05) is 6.61 Å². The normalized spacial score (nSPS) is 10.4. The summed E-state index contributed by atoms with van der Waals surface area (Å²) in [6.07, 6.45) is 12.0. The van der Waals surface area contributed by atoms with Gasteiger partial charge in [-0.05, 0) is 24.5 Å². The van der Waals surface area contributed by atoms with Crippen molar-refractivity contribution in [1.29, 1.82) is 0 Å². The predicted molar refractivity (Wildman–Crippen MR) is 76.9 cm³/mol. The average Bonchev–Trinajstić information content (AvgIpc) is 2.45. The van der Waals surface area contributed by atoms with Crippen LogP contribution in [0.2, 0.25) is 0 Å². The van der Waals surface area contributed by atoms with E-state index in [4.69, 9.17) is 4.74 Å². The van der Waals surface area contributed by atoms with Crippen LogP contribution < -0.4 is 0 Å².